The van der Waals surface area contributed by atoms with Gasteiger partial charge in [-0.3, -0.25) is 14.8 Å². The van der Waals surface area contributed by atoms with Crippen LogP contribution in [0.3, 0.4) is 0 Å². The average molecular weight is 567 g/mol. The van der Waals surface area contributed by atoms with Gasteiger partial charge in [0.15, 0.2) is 11.6 Å². The van der Waals surface area contributed by atoms with Crippen LogP contribution in [0.1, 0.15) is 24.3 Å². The Morgan fingerprint density at radius 1 is 1.15 bits per heavy atom. The lowest BCUT2D eigenvalue weighted by Crippen LogP contribution is -2.69. The summed E-state index contributed by atoms with van der Waals surface area (Å²) in [5.41, 5.74) is 9.48. The van der Waals surface area contributed by atoms with Crippen molar-refractivity contribution in [2.24, 2.45) is 12.8 Å². The molecule has 0 aliphatic carbocycles. The molecule has 0 unspecified atom stereocenters. The summed E-state index contributed by atoms with van der Waals surface area (Å²) in [5, 5.41) is 13.4. The number of halogens is 3. The number of fused-ring (bicyclic) bond motifs is 1. The number of pyridine rings is 2. The Morgan fingerprint density at radius 2 is 1.92 bits per heavy atom. The molecule has 9 nitrogen and oxygen atoms in total. The largest absolute Gasteiger partial charge is 0.486 e. The van der Waals surface area contributed by atoms with E-state index in [0.29, 0.717) is 52.1 Å². The minimum absolute atomic E-state index is 0.268. The van der Waals surface area contributed by atoms with E-state index in [-0.39, 0.29) is 5.82 Å². The molecule has 1 aromatic carbocycles. The standard InChI is InChI=1S/C27H25Cl2FN8O/c1-15(24-20(28)11-32-12-21(24)29)39-18-3-4-23-19(8-18)25(35-34-23)16-7-22(30)26(33-10-16)38-13-27(31,14-38)9-17-5-6-37(2)36-17/h3-8,10-12,15H,9,13-14,31H2,1-2H3,(H,34,35)/t15-/m1/s1. The summed E-state index contributed by atoms with van der Waals surface area (Å²) >= 11 is 12.6. The molecule has 4 aromatic heterocycles. The first-order chi connectivity index (χ1) is 18.7. The molecule has 5 aromatic rings. The van der Waals surface area contributed by atoms with E-state index in [2.05, 4.69) is 25.3 Å². The van der Waals surface area contributed by atoms with Crippen LogP contribution in [0.2, 0.25) is 10.0 Å². The Morgan fingerprint density at radius 3 is 2.62 bits per heavy atom. The molecule has 200 valence electrons. The molecular weight excluding hydrogens is 542 g/mol. The predicted molar refractivity (Wildman–Crippen MR) is 149 cm³/mol. The van der Waals surface area contributed by atoms with Gasteiger partial charge in [-0.25, -0.2) is 9.37 Å². The lowest BCUT2D eigenvalue weighted by atomic mass is 9.86. The second-order valence-corrected chi connectivity index (χ2v) is 10.8. The molecule has 12 heteroatoms. The molecule has 0 saturated carbocycles. The van der Waals surface area contributed by atoms with E-state index in [1.165, 1.54) is 18.5 Å². The van der Waals surface area contributed by atoms with Gasteiger partial charge in [-0.2, -0.15) is 10.2 Å². The molecule has 0 amide bonds. The van der Waals surface area contributed by atoms with Gasteiger partial charge in [0.05, 0.1) is 26.8 Å². The number of ether oxygens (including phenoxy) is 1. The van der Waals surface area contributed by atoms with Crippen LogP contribution in [0.5, 0.6) is 5.75 Å². The molecule has 5 heterocycles. The van der Waals surface area contributed by atoms with Crippen LogP contribution in [-0.4, -0.2) is 48.6 Å². The maximum Gasteiger partial charge on any atom is 0.166 e. The van der Waals surface area contributed by atoms with Gasteiger partial charge in [-0.15, -0.1) is 0 Å². The third kappa shape index (κ3) is 4.91. The molecule has 3 N–H and O–H groups in total. The summed E-state index contributed by atoms with van der Waals surface area (Å²) in [6.45, 7) is 2.83. The molecular formula is C27H25Cl2FN8O. The lowest BCUT2D eigenvalue weighted by molar-refractivity contribution is 0.227. The summed E-state index contributed by atoms with van der Waals surface area (Å²) in [5.74, 6) is 0.413. The highest BCUT2D eigenvalue weighted by atomic mass is 35.5. The minimum Gasteiger partial charge on any atom is -0.486 e. The van der Waals surface area contributed by atoms with Gasteiger partial charge in [0, 0.05) is 67.9 Å². The quantitative estimate of drug-likeness (QED) is 0.282. The van der Waals surface area contributed by atoms with Crippen molar-refractivity contribution in [1.29, 1.82) is 0 Å². The monoisotopic (exact) mass is 566 g/mol. The molecule has 1 aliphatic rings. The number of aromatic nitrogens is 6. The molecule has 39 heavy (non-hydrogen) atoms. The Kier molecular flexibility index (Phi) is 6.41. The Bertz CT molecular complexity index is 1660. The van der Waals surface area contributed by atoms with E-state index in [9.17, 15) is 0 Å². The molecule has 1 saturated heterocycles. The van der Waals surface area contributed by atoms with E-state index in [1.54, 1.807) is 10.9 Å². The fraction of sp³-hybridized carbons (Fsp3) is 0.259. The first kappa shape index (κ1) is 25.5. The second-order valence-electron chi connectivity index (χ2n) is 9.96. The van der Waals surface area contributed by atoms with Crippen LogP contribution in [-0.2, 0) is 13.5 Å². The number of benzene rings is 1. The summed E-state index contributed by atoms with van der Waals surface area (Å²) < 4.78 is 23.1. The summed E-state index contributed by atoms with van der Waals surface area (Å²) in [4.78, 5) is 10.3. The molecule has 1 atom stereocenters. The maximum absolute atomic E-state index is 15.3. The number of nitrogens with zero attached hydrogens (tertiary/aromatic N) is 6. The number of aryl methyl sites for hydroxylation is 1. The number of nitrogens with one attached hydrogen (secondary N) is 1. The minimum atomic E-state index is -0.474. The number of H-pyrrole nitrogens is 1. The van der Waals surface area contributed by atoms with Gasteiger partial charge in [0.2, 0.25) is 0 Å². The first-order valence-corrected chi connectivity index (χ1v) is 13.1. The third-order valence-electron chi connectivity index (χ3n) is 6.85. The van der Waals surface area contributed by atoms with E-state index in [1.807, 2.05) is 49.3 Å². The third-order valence-corrected chi connectivity index (χ3v) is 7.45. The van der Waals surface area contributed by atoms with Crippen molar-refractivity contribution in [3.8, 4) is 17.0 Å². The maximum atomic E-state index is 15.3. The van der Waals surface area contributed by atoms with E-state index >= 15 is 4.39 Å². The molecule has 0 bridgehead atoms. The average Bonchev–Trinajstić information content (AvgIpc) is 3.47. The predicted octanol–water partition coefficient (Wildman–Crippen LogP) is 5.10. The van der Waals surface area contributed by atoms with Crippen LogP contribution < -0.4 is 15.4 Å². The number of aromatic amines is 1. The van der Waals surface area contributed by atoms with Crippen LogP contribution in [0.15, 0.2) is 55.1 Å². The molecule has 1 aliphatic heterocycles. The number of rotatable bonds is 7. The summed E-state index contributed by atoms with van der Waals surface area (Å²) in [6.07, 6.45) is 6.75. The molecule has 6 rings (SSSR count). The van der Waals surface area contributed by atoms with Gasteiger partial charge in [-0.05, 0) is 37.3 Å². The van der Waals surface area contributed by atoms with E-state index in [4.69, 9.17) is 33.7 Å². The fourth-order valence-corrected chi connectivity index (χ4v) is 5.72. The van der Waals surface area contributed by atoms with Crippen molar-refractivity contribution in [3.63, 3.8) is 0 Å². The number of nitrogens with two attached hydrogens (primary N) is 1. The second kappa shape index (κ2) is 9.78. The van der Waals surface area contributed by atoms with Crippen molar-refractivity contribution in [1.82, 2.24) is 29.9 Å². The van der Waals surface area contributed by atoms with Crippen molar-refractivity contribution >= 4 is 39.9 Å². The highest BCUT2D eigenvalue weighted by molar-refractivity contribution is 6.35. The molecule has 0 spiro atoms. The topological polar surface area (TPSA) is 111 Å². The van der Waals surface area contributed by atoms with E-state index < -0.39 is 17.5 Å². The number of anilines is 1. The first-order valence-electron chi connectivity index (χ1n) is 12.3. The van der Waals surface area contributed by atoms with Gasteiger partial charge < -0.3 is 15.4 Å². The van der Waals surface area contributed by atoms with Crippen molar-refractivity contribution in [2.45, 2.75) is 25.0 Å². The van der Waals surface area contributed by atoms with Gasteiger partial charge in [0.25, 0.3) is 0 Å². The van der Waals surface area contributed by atoms with E-state index in [0.717, 1.165) is 16.6 Å². The highest BCUT2D eigenvalue weighted by Gasteiger charge is 2.41. The smallest absolute Gasteiger partial charge is 0.166 e. The fourth-order valence-electron chi connectivity index (χ4n) is 5.05. The zero-order valence-corrected chi connectivity index (χ0v) is 22.7. The van der Waals surface area contributed by atoms with Gasteiger partial charge >= 0.3 is 0 Å². The number of hydrogen-bond acceptors (Lipinski definition) is 7. The van der Waals surface area contributed by atoms with Crippen LogP contribution in [0, 0.1) is 5.82 Å². The lowest BCUT2D eigenvalue weighted by Gasteiger charge is -2.48. The molecule has 1 fully saturated rings. The number of hydrogen-bond donors (Lipinski definition) is 2. The Hall–Kier alpha value is -3.73. The highest BCUT2D eigenvalue weighted by Crippen LogP contribution is 2.36. The summed E-state index contributed by atoms with van der Waals surface area (Å²) in [6, 6.07) is 8.90. The summed E-state index contributed by atoms with van der Waals surface area (Å²) in [7, 11) is 1.87. The Balaban J connectivity index is 1.21. The van der Waals surface area contributed by atoms with Crippen LogP contribution in [0.4, 0.5) is 10.2 Å². The van der Waals surface area contributed by atoms with Gasteiger partial charge in [0.1, 0.15) is 17.5 Å². The Labute approximate surface area is 233 Å². The zero-order valence-electron chi connectivity index (χ0n) is 21.2. The SMILES string of the molecule is C[C@@H](Oc1ccc2[nH]nc(-c3cnc(N4CC(N)(Cc5ccn(C)n5)C4)c(F)c3)c2c1)c1c(Cl)cncc1Cl. The van der Waals surface area contributed by atoms with Crippen molar-refractivity contribution in [3.05, 3.63) is 82.2 Å². The van der Waals surface area contributed by atoms with Crippen LogP contribution in [0.25, 0.3) is 22.2 Å². The van der Waals surface area contributed by atoms with Gasteiger partial charge in [-0.1, -0.05) is 23.2 Å². The van der Waals surface area contributed by atoms with Crippen molar-refractivity contribution in [2.75, 3.05) is 18.0 Å². The molecule has 0 radical (unpaired) electrons. The van der Waals surface area contributed by atoms with Crippen molar-refractivity contribution < 1.29 is 9.13 Å². The zero-order chi connectivity index (χ0) is 27.3. The normalized spacial score (nSPS) is 15.4. The van der Waals surface area contributed by atoms with Crippen LogP contribution >= 0.6 is 23.2 Å².